The van der Waals surface area contributed by atoms with E-state index in [0.717, 1.165) is 30.2 Å². The largest absolute Gasteiger partial charge is 0.368 e. The van der Waals surface area contributed by atoms with Gasteiger partial charge in [0.25, 0.3) is 11.8 Å². The third kappa shape index (κ3) is 3.11. The lowest BCUT2D eigenvalue weighted by Crippen LogP contribution is -2.41. The molecule has 1 N–H and O–H groups in total. The van der Waals surface area contributed by atoms with E-state index >= 15 is 0 Å². The molecule has 25 heavy (non-hydrogen) atoms. The molecule has 2 aromatic rings. The molecule has 0 aliphatic carbocycles. The van der Waals surface area contributed by atoms with Gasteiger partial charge in [-0.3, -0.25) is 14.7 Å². The maximum Gasteiger partial charge on any atom is 0.275 e. The Bertz CT molecular complexity index is 781. The molecule has 3 heterocycles. The number of H-pyrrole nitrogens is 1. The average Bonchev–Trinajstić information content (AvgIpc) is 3.25. The van der Waals surface area contributed by atoms with Gasteiger partial charge >= 0.3 is 0 Å². The van der Waals surface area contributed by atoms with Crippen molar-refractivity contribution in [3.05, 3.63) is 30.0 Å². The Balaban J connectivity index is 1.45. The maximum absolute atomic E-state index is 12.9. The molecule has 0 unspecified atom stereocenters. The number of benzene rings is 1. The second-order valence-corrected chi connectivity index (χ2v) is 6.59. The number of para-hydroxylation sites is 1. The van der Waals surface area contributed by atoms with Gasteiger partial charge in [0.15, 0.2) is 5.69 Å². The number of hydrogen-bond acceptors (Lipinski definition) is 4. The summed E-state index contributed by atoms with van der Waals surface area (Å²) in [7, 11) is 0. The molecule has 0 radical (unpaired) electrons. The predicted molar refractivity (Wildman–Crippen MR) is 92.2 cm³/mol. The van der Waals surface area contributed by atoms with Crippen LogP contribution in [0.5, 0.6) is 0 Å². The van der Waals surface area contributed by atoms with E-state index in [4.69, 9.17) is 4.74 Å². The van der Waals surface area contributed by atoms with E-state index in [9.17, 15) is 9.59 Å². The fourth-order valence-electron chi connectivity index (χ4n) is 3.59. The molecule has 2 saturated heterocycles. The molecule has 2 amide bonds. The van der Waals surface area contributed by atoms with Gasteiger partial charge in [0.2, 0.25) is 0 Å². The van der Waals surface area contributed by atoms with Gasteiger partial charge in [-0.1, -0.05) is 18.2 Å². The van der Waals surface area contributed by atoms with Crippen LogP contribution in [-0.2, 0) is 9.53 Å². The molecule has 2 fully saturated rings. The van der Waals surface area contributed by atoms with Gasteiger partial charge in [-0.15, -0.1) is 0 Å². The topological polar surface area (TPSA) is 78.5 Å². The quantitative estimate of drug-likeness (QED) is 0.895. The molecule has 1 atom stereocenters. The van der Waals surface area contributed by atoms with E-state index in [1.165, 1.54) is 0 Å². The van der Waals surface area contributed by atoms with Crippen LogP contribution in [0.3, 0.4) is 0 Å². The van der Waals surface area contributed by atoms with Crippen LogP contribution >= 0.6 is 0 Å². The summed E-state index contributed by atoms with van der Waals surface area (Å²) in [6.07, 6.45) is 2.22. The number of aromatic amines is 1. The number of rotatable bonds is 2. The van der Waals surface area contributed by atoms with Crippen LogP contribution in [0.15, 0.2) is 24.3 Å². The number of amides is 2. The first-order chi connectivity index (χ1) is 12.2. The van der Waals surface area contributed by atoms with Gasteiger partial charge in [0.05, 0.1) is 5.52 Å². The lowest BCUT2D eigenvalue weighted by Gasteiger charge is -2.24. The monoisotopic (exact) mass is 342 g/mol. The summed E-state index contributed by atoms with van der Waals surface area (Å²) in [5.74, 6) is -0.0131. The third-order valence-electron chi connectivity index (χ3n) is 4.97. The summed E-state index contributed by atoms with van der Waals surface area (Å²) in [5, 5.41) is 7.95. The van der Waals surface area contributed by atoms with Crippen molar-refractivity contribution in [2.24, 2.45) is 0 Å². The summed E-state index contributed by atoms with van der Waals surface area (Å²) >= 11 is 0. The minimum Gasteiger partial charge on any atom is -0.368 e. The molecule has 7 heteroatoms. The summed E-state index contributed by atoms with van der Waals surface area (Å²) in [6.45, 7) is 3.05. The van der Waals surface area contributed by atoms with Crippen LogP contribution in [0.1, 0.15) is 29.8 Å². The molecule has 1 aromatic carbocycles. The summed E-state index contributed by atoms with van der Waals surface area (Å²) < 4.78 is 5.50. The van der Waals surface area contributed by atoms with Crippen LogP contribution < -0.4 is 0 Å². The molecule has 0 spiro atoms. The minimum atomic E-state index is -0.294. The Morgan fingerprint density at radius 2 is 1.88 bits per heavy atom. The summed E-state index contributed by atoms with van der Waals surface area (Å²) in [6, 6.07) is 7.62. The van der Waals surface area contributed by atoms with Crippen molar-refractivity contribution in [2.75, 3.05) is 32.8 Å². The molecule has 132 valence electrons. The number of carbonyl (C=O) groups excluding carboxylic acids is 2. The van der Waals surface area contributed by atoms with Crippen LogP contribution in [0.2, 0.25) is 0 Å². The fourth-order valence-corrected chi connectivity index (χ4v) is 3.59. The molecular weight excluding hydrogens is 320 g/mol. The molecular formula is C18H22N4O3. The van der Waals surface area contributed by atoms with E-state index in [1.54, 1.807) is 4.90 Å². The molecule has 2 aliphatic heterocycles. The Kier molecular flexibility index (Phi) is 4.40. The van der Waals surface area contributed by atoms with Crippen molar-refractivity contribution < 1.29 is 14.3 Å². The molecule has 2 aliphatic rings. The highest BCUT2D eigenvalue weighted by atomic mass is 16.5. The van der Waals surface area contributed by atoms with Gasteiger partial charge in [0.1, 0.15) is 6.10 Å². The van der Waals surface area contributed by atoms with Crippen LogP contribution in [0.25, 0.3) is 10.9 Å². The highest BCUT2D eigenvalue weighted by Crippen LogP contribution is 2.19. The number of carbonyl (C=O) groups is 2. The first kappa shape index (κ1) is 16.1. The summed E-state index contributed by atoms with van der Waals surface area (Å²) in [5.41, 5.74) is 1.31. The number of nitrogens with zero attached hydrogens (tertiary/aromatic N) is 3. The Morgan fingerprint density at radius 1 is 1.08 bits per heavy atom. The Morgan fingerprint density at radius 3 is 2.72 bits per heavy atom. The van der Waals surface area contributed by atoms with Gasteiger partial charge in [-0.2, -0.15) is 5.10 Å². The average molecular weight is 342 g/mol. The van der Waals surface area contributed by atoms with Crippen molar-refractivity contribution in [3.63, 3.8) is 0 Å². The lowest BCUT2D eigenvalue weighted by atomic mass is 10.2. The van der Waals surface area contributed by atoms with Gasteiger partial charge < -0.3 is 14.5 Å². The van der Waals surface area contributed by atoms with Crippen molar-refractivity contribution in [1.29, 1.82) is 0 Å². The second-order valence-electron chi connectivity index (χ2n) is 6.59. The summed E-state index contributed by atoms with van der Waals surface area (Å²) in [4.78, 5) is 29.0. The van der Waals surface area contributed by atoms with Gasteiger partial charge in [-0.05, 0) is 25.3 Å². The Labute approximate surface area is 145 Å². The normalized spacial score (nSPS) is 21.5. The minimum absolute atomic E-state index is 0.0667. The van der Waals surface area contributed by atoms with Crippen LogP contribution in [0.4, 0.5) is 0 Å². The van der Waals surface area contributed by atoms with Gasteiger partial charge in [-0.25, -0.2) is 0 Å². The smallest absolute Gasteiger partial charge is 0.275 e. The second kappa shape index (κ2) is 6.84. The standard InChI is InChI=1S/C18H22N4O3/c23-17(15-7-3-12-25-15)21-8-4-9-22(11-10-21)18(24)16-13-5-1-2-6-14(13)19-20-16/h1-2,5-6,15H,3-4,7-12H2,(H,19,20)/t15-/m1/s1. The van der Waals surface area contributed by atoms with E-state index in [2.05, 4.69) is 10.2 Å². The van der Waals surface area contributed by atoms with Crippen LogP contribution in [0, 0.1) is 0 Å². The highest BCUT2D eigenvalue weighted by Gasteiger charge is 2.30. The zero-order chi connectivity index (χ0) is 17.2. The van der Waals surface area contributed by atoms with E-state index in [0.29, 0.717) is 38.5 Å². The number of hydrogen-bond donors (Lipinski definition) is 1. The van der Waals surface area contributed by atoms with E-state index in [1.807, 2.05) is 29.2 Å². The number of aromatic nitrogens is 2. The highest BCUT2D eigenvalue weighted by molar-refractivity contribution is 6.04. The van der Waals surface area contributed by atoms with Crippen molar-refractivity contribution in [1.82, 2.24) is 20.0 Å². The zero-order valence-corrected chi connectivity index (χ0v) is 14.1. The predicted octanol–water partition coefficient (Wildman–Crippen LogP) is 1.42. The molecule has 1 aromatic heterocycles. The lowest BCUT2D eigenvalue weighted by molar-refractivity contribution is -0.140. The fraction of sp³-hybridized carbons (Fsp3) is 0.500. The SMILES string of the molecule is O=C(c1n[nH]c2ccccc12)N1CCCN(C(=O)[C@H]2CCCO2)CC1. The molecule has 7 nitrogen and oxygen atoms in total. The first-order valence-electron chi connectivity index (χ1n) is 8.87. The number of nitrogens with one attached hydrogen (secondary N) is 1. The van der Waals surface area contributed by atoms with E-state index < -0.39 is 0 Å². The van der Waals surface area contributed by atoms with Crippen molar-refractivity contribution in [3.8, 4) is 0 Å². The molecule has 0 saturated carbocycles. The molecule has 0 bridgehead atoms. The zero-order valence-electron chi connectivity index (χ0n) is 14.1. The van der Waals surface area contributed by atoms with Gasteiger partial charge in [0, 0.05) is 38.2 Å². The van der Waals surface area contributed by atoms with Crippen LogP contribution in [-0.4, -0.2) is 70.7 Å². The first-order valence-corrected chi connectivity index (χ1v) is 8.87. The van der Waals surface area contributed by atoms with Crippen molar-refractivity contribution in [2.45, 2.75) is 25.4 Å². The molecule has 4 rings (SSSR count). The third-order valence-corrected chi connectivity index (χ3v) is 4.97. The Hall–Kier alpha value is -2.41. The number of ether oxygens (including phenoxy) is 1. The van der Waals surface area contributed by atoms with Crippen molar-refractivity contribution >= 4 is 22.7 Å². The van der Waals surface area contributed by atoms with E-state index in [-0.39, 0.29) is 17.9 Å². The maximum atomic E-state index is 12.9. The number of fused-ring (bicyclic) bond motifs is 1.